The minimum absolute atomic E-state index is 0.588. The lowest BCUT2D eigenvalue weighted by Gasteiger charge is -2.29. The first-order valence-corrected chi connectivity index (χ1v) is 11.3. The lowest BCUT2D eigenvalue weighted by atomic mass is 10.1. The lowest BCUT2D eigenvalue weighted by molar-refractivity contribution is 0.0320. The number of hydrazone groups is 1. The highest BCUT2D eigenvalue weighted by Gasteiger charge is 2.15. The fourth-order valence-corrected chi connectivity index (χ4v) is 3.80. The molecular weight excluding hydrogens is 406 g/mol. The van der Waals surface area contributed by atoms with Gasteiger partial charge in [-0.3, -0.25) is 10.3 Å². The number of pyridine rings is 1. The molecule has 2 aliphatic heterocycles. The monoisotopic (exact) mass is 439 g/mol. The summed E-state index contributed by atoms with van der Waals surface area (Å²) in [7, 11) is 0. The van der Waals surface area contributed by atoms with Crippen LogP contribution in [0.25, 0.3) is 0 Å². The number of aromatic nitrogens is 1. The summed E-state index contributed by atoms with van der Waals surface area (Å²) >= 11 is 0. The topological polar surface area (TPSA) is 71.5 Å². The summed E-state index contributed by atoms with van der Waals surface area (Å²) in [5, 5.41) is 4.44. The van der Waals surface area contributed by atoms with Crippen molar-refractivity contribution < 1.29 is 14.2 Å². The number of nitrogens with one attached hydrogen (secondary N) is 1. The number of hydrogen-bond donors (Lipinski definition) is 1. The first-order chi connectivity index (χ1) is 15.7. The van der Waals surface area contributed by atoms with E-state index in [9.17, 15) is 0 Å². The fraction of sp³-hybridized carbons (Fsp3) is 0.500. The van der Waals surface area contributed by atoms with Crippen LogP contribution in [0, 0.1) is 13.8 Å². The number of anilines is 2. The van der Waals surface area contributed by atoms with Gasteiger partial charge in [-0.05, 0) is 25.0 Å². The molecule has 32 heavy (non-hydrogen) atoms. The van der Waals surface area contributed by atoms with Crippen LogP contribution in [0.5, 0.6) is 5.88 Å². The summed E-state index contributed by atoms with van der Waals surface area (Å²) < 4.78 is 17.0. The maximum atomic E-state index is 6.04. The van der Waals surface area contributed by atoms with E-state index in [-0.39, 0.29) is 0 Å². The van der Waals surface area contributed by atoms with Crippen molar-refractivity contribution >= 4 is 17.7 Å². The van der Waals surface area contributed by atoms with Crippen LogP contribution in [0.4, 0.5) is 11.5 Å². The Morgan fingerprint density at radius 3 is 2.56 bits per heavy atom. The molecule has 0 amide bonds. The van der Waals surface area contributed by atoms with Gasteiger partial charge in [0.15, 0.2) is 5.82 Å². The Kier molecular flexibility index (Phi) is 7.92. The van der Waals surface area contributed by atoms with Crippen molar-refractivity contribution in [1.82, 2.24) is 9.88 Å². The third kappa shape index (κ3) is 6.41. The van der Waals surface area contributed by atoms with Crippen molar-refractivity contribution in [3.8, 4) is 5.88 Å². The van der Waals surface area contributed by atoms with Crippen LogP contribution in [0.3, 0.4) is 0 Å². The third-order valence-electron chi connectivity index (χ3n) is 5.74. The van der Waals surface area contributed by atoms with Crippen LogP contribution < -0.4 is 15.1 Å². The molecule has 3 heterocycles. The standard InChI is InChI=1S/C24H33N5O3/c1-19-3-4-20(2)21(15-19)18-25-27-23-16-22(29-8-12-31-13-9-29)17-24(26-23)32-14-7-28-5-10-30-11-6-28/h3-4,15-18H,5-14H2,1-2H3,(H,26,27)/b25-18+. The molecule has 0 saturated carbocycles. The number of aryl methyl sites for hydroxylation is 2. The van der Waals surface area contributed by atoms with Crippen LogP contribution >= 0.6 is 0 Å². The second-order valence-electron chi connectivity index (χ2n) is 8.18. The highest BCUT2D eigenvalue weighted by atomic mass is 16.5. The van der Waals surface area contributed by atoms with Crippen molar-refractivity contribution in [2.45, 2.75) is 13.8 Å². The molecule has 1 aromatic heterocycles. The van der Waals surface area contributed by atoms with Crippen LogP contribution in [-0.2, 0) is 9.47 Å². The number of morpholine rings is 2. The molecular formula is C24H33N5O3. The molecule has 2 saturated heterocycles. The second-order valence-corrected chi connectivity index (χ2v) is 8.18. The average molecular weight is 440 g/mol. The van der Waals surface area contributed by atoms with E-state index >= 15 is 0 Å². The van der Waals surface area contributed by atoms with Gasteiger partial charge >= 0.3 is 0 Å². The number of rotatable bonds is 8. The van der Waals surface area contributed by atoms with Gasteiger partial charge in [0.05, 0.1) is 32.6 Å². The zero-order chi connectivity index (χ0) is 22.2. The van der Waals surface area contributed by atoms with E-state index < -0.39 is 0 Å². The second kappa shape index (κ2) is 11.3. The van der Waals surface area contributed by atoms with Gasteiger partial charge in [0.25, 0.3) is 0 Å². The summed E-state index contributed by atoms with van der Waals surface area (Å²) in [5.41, 5.74) is 7.64. The molecule has 0 radical (unpaired) electrons. The molecule has 4 rings (SSSR count). The third-order valence-corrected chi connectivity index (χ3v) is 5.74. The number of ether oxygens (including phenoxy) is 3. The Hall–Kier alpha value is -2.68. The lowest BCUT2D eigenvalue weighted by Crippen LogP contribution is -2.38. The smallest absolute Gasteiger partial charge is 0.217 e. The molecule has 0 unspecified atom stereocenters. The van der Waals surface area contributed by atoms with Crippen molar-refractivity contribution in [2.24, 2.45) is 5.10 Å². The molecule has 0 aliphatic carbocycles. The summed E-state index contributed by atoms with van der Waals surface area (Å²) in [6.07, 6.45) is 1.84. The predicted octanol–water partition coefficient (Wildman–Crippen LogP) is 2.69. The minimum atomic E-state index is 0.588. The quantitative estimate of drug-likeness (QED) is 0.501. The molecule has 2 fully saturated rings. The van der Waals surface area contributed by atoms with Crippen LogP contribution in [0.1, 0.15) is 16.7 Å². The number of nitrogens with zero attached hydrogens (tertiary/aromatic N) is 4. The highest BCUT2D eigenvalue weighted by Crippen LogP contribution is 2.25. The summed E-state index contributed by atoms with van der Waals surface area (Å²) in [4.78, 5) is 9.28. The van der Waals surface area contributed by atoms with E-state index in [4.69, 9.17) is 14.2 Å². The van der Waals surface area contributed by atoms with E-state index in [2.05, 4.69) is 57.4 Å². The van der Waals surface area contributed by atoms with Gasteiger partial charge in [0.2, 0.25) is 5.88 Å². The number of benzene rings is 1. The Morgan fingerprint density at radius 2 is 1.78 bits per heavy atom. The molecule has 0 atom stereocenters. The van der Waals surface area contributed by atoms with Crippen LogP contribution in [-0.4, -0.2) is 81.9 Å². The molecule has 2 aromatic rings. The van der Waals surface area contributed by atoms with E-state index in [0.29, 0.717) is 18.3 Å². The first-order valence-electron chi connectivity index (χ1n) is 11.3. The minimum Gasteiger partial charge on any atom is -0.476 e. The van der Waals surface area contributed by atoms with E-state index in [1.165, 1.54) is 11.1 Å². The van der Waals surface area contributed by atoms with Crippen molar-refractivity contribution in [1.29, 1.82) is 0 Å². The van der Waals surface area contributed by atoms with Crippen LogP contribution in [0.15, 0.2) is 35.4 Å². The Morgan fingerprint density at radius 1 is 1.03 bits per heavy atom. The Labute approximate surface area is 190 Å². The molecule has 1 aromatic carbocycles. The molecule has 1 N–H and O–H groups in total. The Bertz CT molecular complexity index is 909. The molecule has 8 nitrogen and oxygen atoms in total. The molecule has 0 spiro atoms. The van der Waals surface area contributed by atoms with Gasteiger partial charge in [-0.15, -0.1) is 0 Å². The SMILES string of the molecule is Cc1ccc(C)c(/C=N/Nc2cc(N3CCOCC3)cc(OCCN3CCOCC3)n2)c1. The Balaban J connectivity index is 1.44. The zero-order valence-electron chi connectivity index (χ0n) is 19.0. The molecule has 172 valence electrons. The normalized spacial score (nSPS) is 17.6. The van der Waals surface area contributed by atoms with Gasteiger partial charge in [0, 0.05) is 50.5 Å². The van der Waals surface area contributed by atoms with Crippen molar-refractivity contribution in [3.63, 3.8) is 0 Å². The maximum absolute atomic E-state index is 6.04. The largest absolute Gasteiger partial charge is 0.476 e. The van der Waals surface area contributed by atoms with Gasteiger partial charge in [0.1, 0.15) is 6.61 Å². The first kappa shape index (κ1) is 22.5. The van der Waals surface area contributed by atoms with E-state index in [1.807, 2.05) is 18.3 Å². The van der Waals surface area contributed by atoms with Crippen molar-refractivity contribution in [2.75, 3.05) is 76.1 Å². The van der Waals surface area contributed by atoms with Crippen molar-refractivity contribution in [3.05, 3.63) is 47.0 Å². The van der Waals surface area contributed by atoms with Gasteiger partial charge in [-0.25, -0.2) is 0 Å². The number of hydrogen-bond acceptors (Lipinski definition) is 8. The maximum Gasteiger partial charge on any atom is 0.217 e. The molecule has 0 bridgehead atoms. The highest BCUT2D eigenvalue weighted by molar-refractivity contribution is 5.82. The average Bonchev–Trinajstić information content (AvgIpc) is 2.82. The summed E-state index contributed by atoms with van der Waals surface area (Å²) in [6.45, 7) is 12.2. The van der Waals surface area contributed by atoms with E-state index in [0.717, 1.165) is 70.4 Å². The van der Waals surface area contributed by atoms with Crippen LogP contribution in [0.2, 0.25) is 0 Å². The van der Waals surface area contributed by atoms with E-state index in [1.54, 1.807) is 0 Å². The fourth-order valence-electron chi connectivity index (χ4n) is 3.80. The molecule has 2 aliphatic rings. The van der Waals surface area contributed by atoms with Gasteiger partial charge < -0.3 is 19.1 Å². The molecule has 8 heteroatoms. The summed E-state index contributed by atoms with van der Waals surface area (Å²) in [5.74, 6) is 1.27. The summed E-state index contributed by atoms with van der Waals surface area (Å²) in [6, 6.07) is 10.4. The zero-order valence-corrected chi connectivity index (χ0v) is 19.0. The van der Waals surface area contributed by atoms with Gasteiger partial charge in [-0.1, -0.05) is 23.8 Å². The predicted molar refractivity (Wildman–Crippen MR) is 127 cm³/mol. The van der Waals surface area contributed by atoms with Gasteiger partial charge in [-0.2, -0.15) is 10.1 Å².